The molecule has 5 heteroatoms. The summed E-state index contributed by atoms with van der Waals surface area (Å²) in [5, 5.41) is 5.80. The van der Waals surface area contributed by atoms with Crippen molar-refractivity contribution in [2.24, 2.45) is 0 Å². The second kappa shape index (κ2) is 12.3. The highest BCUT2D eigenvalue weighted by Crippen LogP contribution is 2.43. The van der Waals surface area contributed by atoms with Gasteiger partial charge < -0.3 is 0 Å². The maximum atomic E-state index is 5.51. The quantitative estimate of drug-likeness (QED) is 0.166. The van der Waals surface area contributed by atoms with Crippen LogP contribution in [0.1, 0.15) is 0 Å². The first-order valence-corrected chi connectivity index (χ1v) is 24.8. The minimum atomic E-state index is -2.10. The Labute approximate surface area is 319 Å². The Morgan fingerprint density at radius 1 is 0.296 bits per heavy atom. The molecule has 10 rings (SSSR count). The van der Waals surface area contributed by atoms with Crippen LogP contribution < -0.4 is 20.7 Å². The summed E-state index contributed by atoms with van der Waals surface area (Å²) in [6.45, 7) is 9.93. The van der Waals surface area contributed by atoms with Crippen LogP contribution in [0.15, 0.2) is 164 Å². The highest BCUT2D eigenvalue weighted by atomic mass is 28.3. The van der Waals surface area contributed by atoms with Crippen LogP contribution in [-0.4, -0.2) is 31.1 Å². The van der Waals surface area contributed by atoms with E-state index in [2.05, 4.69) is 184 Å². The van der Waals surface area contributed by atoms with Crippen LogP contribution in [0.4, 0.5) is 0 Å². The average molecular weight is 726 g/mol. The summed E-state index contributed by atoms with van der Waals surface area (Å²) in [6, 6.07) is 59.2. The zero-order valence-corrected chi connectivity index (χ0v) is 32.9. The number of hydrogen-bond donors (Lipinski definition) is 0. The van der Waals surface area contributed by atoms with E-state index in [1.54, 1.807) is 0 Å². The van der Waals surface area contributed by atoms with Gasteiger partial charge in [0.2, 0.25) is 0 Å². The number of benzene rings is 7. The van der Waals surface area contributed by atoms with E-state index < -0.39 is 16.1 Å². The molecule has 0 amide bonds. The zero-order valence-electron chi connectivity index (χ0n) is 30.9. The van der Waals surface area contributed by atoms with Gasteiger partial charge in [-0.15, -0.1) is 0 Å². The predicted octanol–water partition coefficient (Wildman–Crippen LogP) is 9.81. The van der Waals surface area contributed by atoms with Crippen molar-refractivity contribution in [3.05, 3.63) is 164 Å². The van der Waals surface area contributed by atoms with E-state index in [4.69, 9.17) is 15.0 Å². The van der Waals surface area contributed by atoms with Crippen LogP contribution in [0.5, 0.6) is 0 Å². The second-order valence-electron chi connectivity index (χ2n) is 15.6. The molecule has 0 fully saturated rings. The summed E-state index contributed by atoms with van der Waals surface area (Å²) < 4.78 is 0. The average Bonchev–Trinajstić information content (AvgIpc) is 3.61. The first kappa shape index (κ1) is 32.6. The normalized spacial score (nSPS) is 14.2. The summed E-state index contributed by atoms with van der Waals surface area (Å²) in [6.07, 6.45) is 0. The van der Waals surface area contributed by atoms with E-state index in [-0.39, 0.29) is 0 Å². The van der Waals surface area contributed by atoms with Gasteiger partial charge in [0.1, 0.15) is 16.1 Å². The molecule has 0 unspecified atom stereocenters. The van der Waals surface area contributed by atoms with Gasteiger partial charge in [0.15, 0.2) is 17.5 Å². The summed E-state index contributed by atoms with van der Waals surface area (Å²) in [5.74, 6) is 2.10. The molecule has 0 bridgehead atoms. The lowest BCUT2D eigenvalue weighted by Gasteiger charge is -2.23. The lowest BCUT2D eigenvalue weighted by Crippen LogP contribution is -2.50. The van der Waals surface area contributed by atoms with Crippen molar-refractivity contribution in [1.29, 1.82) is 0 Å². The van der Waals surface area contributed by atoms with Gasteiger partial charge in [-0.3, -0.25) is 0 Å². The fourth-order valence-corrected chi connectivity index (χ4v) is 15.7. The van der Waals surface area contributed by atoms with Crippen molar-refractivity contribution in [1.82, 2.24) is 15.0 Å². The summed E-state index contributed by atoms with van der Waals surface area (Å²) in [7, 11) is -4.14. The lowest BCUT2D eigenvalue weighted by atomic mass is 9.91. The molecular weight excluding hydrogens is 687 g/mol. The third-order valence-corrected chi connectivity index (χ3v) is 18.8. The molecule has 0 saturated heterocycles. The van der Waals surface area contributed by atoms with Crippen LogP contribution in [-0.2, 0) is 0 Å². The fraction of sp³-hybridized carbons (Fsp3) is 0.0816. The Kier molecular flexibility index (Phi) is 7.41. The third-order valence-electron chi connectivity index (χ3n) is 11.7. The maximum Gasteiger partial charge on any atom is 0.164 e. The largest absolute Gasteiger partial charge is 0.208 e. The highest BCUT2D eigenvalue weighted by Gasteiger charge is 2.42. The van der Waals surface area contributed by atoms with Gasteiger partial charge in [-0.05, 0) is 71.3 Å². The topological polar surface area (TPSA) is 38.7 Å². The number of aromatic nitrogens is 3. The van der Waals surface area contributed by atoms with Gasteiger partial charge in [0.05, 0.1) is 0 Å². The van der Waals surface area contributed by atoms with Gasteiger partial charge >= 0.3 is 0 Å². The molecule has 2 aliphatic rings. The third kappa shape index (κ3) is 4.89. The predicted molar refractivity (Wildman–Crippen MR) is 231 cm³/mol. The molecule has 2 aliphatic heterocycles. The smallest absolute Gasteiger partial charge is 0.164 e. The van der Waals surface area contributed by atoms with Crippen molar-refractivity contribution in [2.45, 2.75) is 26.2 Å². The molecule has 0 spiro atoms. The van der Waals surface area contributed by atoms with Crippen molar-refractivity contribution in [3.63, 3.8) is 0 Å². The van der Waals surface area contributed by atoms with Gasteiger partial charge in [-0.2, -0.15) is 0 Å². The van der Waals surface area contributed by atoms with Crippen LogP contribution in [0.3, 0.4) is 0 Å². The molecule has 258 valence electrons. The van der Waals surface area contributed by atoms with E-state index in [1.165, 1.54) is 65.3 Å². The van der Waals surface area contributed by atoms with Gasteiger partial charge in [0, 0.05) is 16.7 Å². The standard InChI is InChI=1S/C49H39N3Si2/c1-53(2)41-28-16-25-35(32-18-8-5-9-19-32)44(41)45-38(26-17-29-42(45)53)48-50-47(34-22-12-7-13-23-34)51-49(52-48)39-31-30-36(33-20-10-6-11-21-33)46-43(39)37-24-14-15-27-40(37)54(46,3)4/h5-31H,1-4H3. The minimum Gasteiger partial charge on any atom is -0.208 e. The molecule has 0 N–H and O–H groups in total. The molecule has 0 atom stereocenters. The van der Waals surface area contributed by atoms with E-state index in [9.17, 15) is 0 Å². The van der Waals surface area contributed by atoms with Crippen molar-refractivity contribution < 1.29 is 0 Å². The van der Waals surface area contributed by atoms with Gasteiger partial charge in [0.25, 0.3) is 0 Å². The Bertz CT molecular complexity index is 2760. The first-order chi connectivity index (χ1) is 26.3. The minimum absolute atomic E-state index is 0.683. The molecule has 1 aromatic heterocycles. The molecule has 8 aromatic rings. The Hall–Kier alpha value is -6.02. The molecular formula is C49H39N3Si2. The van der Waals surface area contributed by atoms with Crippen molar-refractivity contribution in [2.75, 3.05) is 0 Å². The van der Waals surface area contributed by atoms with Crippen molar-refractivity contribution in [3.8, 4) is 78.7 Å². The van der Waals surface area contributed by atoms with E-state index in [1.807, 2.05) is 6.07 Å². The SMILES string of the molecule is C[Si]1(C)c2cccc(-c3ccccc3)c2-c2c(-c3nc(-c4ccccc4)nc(-c4ccc(-c5ccccc5)c5c4-c4ccccc4[Si]5(C)C)n3)cccc21. The second-order valence-corrected chi connectivity index (χ2v) is 24.2. The van der Waals surface area contributed by atoms with E-state index in [0.717, 1.165) is 16.7 Å². The van der Waals surface area contributed by atoms with Gasteiger partial charge in [-0.25, -0.2) is 15.0 Å². The fourth-order valence-electron chi connectivity index (χ4n) is 9.16. The van der Waals surface area contributed by atoms with Gasteiger partial charge in [-0.1, -0.05) is 184 Å². The van der Waals surface area contributed by atoms with Crippen LogP contribution in [0, 0.1) is 0 Å². The van der Waals surface area contributed by atoms with E-state index >= 15 is 0 Å². The highest BCUT2D eigenvalue weighted by molar-refractivity contribution is 7.05. The molecule has 3 nitrogen and oxygen atoms in total. The summed E-state index contributed by atoms with van der Waals surface area (Å²) in [5.41, 5.74) is 13.3. The number of rotatable bonds is 5. The molecule has 0 saturated carbocycles. The Morgan fingerprint density at radius 2 is 0.722 bits per heavy atom. The number of nitrogens with zero attached hydrogens (tertiary/aromatic N) is 3. The Morgan fingerprint density at radius 3 is 1.35 bits per heavy atom. The van der Waals surface area contributed by atoms with Crippen LogP contribution >= 0.6 is 0 Å². The zero-order chi connectivity index (χ0) is 36.6. The summed E-state index contributed by atoms with van der Waals surface area (Å²) >= 11 is 0. The molecule has 54 heavy (non-hydrogen) atoms. The Balaban J connectivity index is 1.27. The molecule has 3 heterocycles. The monoisotopic (exact) mass is 725 g/mol. The molecule has 0 aliphatic carbocycles. The van der Waals surface area contributed by atoms with Crippen molar-refractivity contribution >= 4 is 36.9 Å². The first-order valence-electron chi connectivity index (χ1n) is 18.8. The lowest BCUT2D eigenvalue weighted by molar-refractivity contribution is 1.08. The summed E-state index contributed by atoms with van der Waals surface area (Å²) in [4.78, 5) is 16.2. The molecule has 0 radical (unpaired) electrons. The number of fused-ring (bicyclic) bond motifs is 6. The number of hydrogen-bond acceptors (Lipinski definition) is 3. The van der Waals surface area contributed by atoms with Crippen LogP contribution in [0.25, 0.3) is 78.7 Å². The molecule has 7 aromatic carbocycles. The maximum absolute atomic E-state index is 5.51. The van der Waals surface area contributed by atoms with E-state index in [0.29, 0.717) is 17.5 Å². The van der Waals surface area contributed by atoms with Crippen LogP contribution in [0.2, 0.25) is 26.2 Å².